The normalized spacial score (nSPS) is 14.0. The maximum Gasteiger partial charge on any atom is 0.148 e. The van der Waals surface area contributed by atoms with Gasteiger partial charge in [0.1, 0.15) is 11.6 Å². The third-order valence-electron chi connectivity index (χ3n) is 15.7. The smallest absolute Gasteiger partial charge is 0.148 e. The molecule has 0 aliphatic rings. The van der Waals surface area contributed by atoms with Gasteiger partial charge < -0.3 is 14.1 Å². The Labute approximate surface area is 474 Å². The Kier molecular flexibility index (Phi) is 11.6. The summed E-state index contributed by atoms with van der Waals surface area (Å²) in [6, 6.07) is 51.6. The Balaban J connectivity index is 0.00000690. The number of phenols is 1. The van der Waals surface area contributed by atoms with Crippen LogP contribution in [0, 0.1) is 6.07 Å². The molecule has 0 unspecified atom stereocenters. The van der Waals surface area contributed by atoms with Gasteiger partial charge >= 0.3 is 0 Å². The van der Waals surface area contributed by atoms with Crippen molar-refractivity contribution in [2.75, 3.05) is 0 Å². The number of nitrogens with zero attached hydrogens (tertiary/aromatic N) is 5. The van der Waals surface area contributed by atoms with Crippen molar-refractivity contribution in [1.82, 2.24) is 23.5 Å². The molecule has 0 aliphatic carbocycles. The molecule has 0 aliphatic heterocycles. The van der Waals surface area contributed by atoms with Gasteiger partial charge in [0.05, 0.1) is 55.7 Å². The summed E-state index contributed by atoms with van der Waals surface area (Å²) in [6.45, 7) is 28.1. The minimum Gasteiger partial charge on any atom is -0.507 e. The SMILES string of the molecule is [2H]C(C)(C)c1cccc(C([2H])(C)C)c1-n1c(-c2cc(C(C)(C)C)cc(C(C)(C)C)c2O)nc2c(-c3[c-]c(-c4nc5cc6c7ccccc7n7c8ccccc8c(c5n4-c4c(C([2H])(C)C)cccc4C([2H])(C)C)c67)ccc3)cccc21.[Pt]. The molecule has 4 aromatic heterocycles. The second kappa shape index (κ2) is 18.9. The molecule has 8 aromatic carbocycles. The number of imidazole rings is 2. The van der Waals surface area contributed by atoms with E-state index in [0.29, 0.717) is 34.0 Å². The maximum atomic E-state index is 12.7. The fraction of sp³-hybridized carbons (Fsp3) is 0.286. The Morgan fingerprint density at radius 2 is 1.01 bits per heavy atom. The fourth-order valence-corrected chi connectivity index (χ4v) is 11.9. The van der Waals surface area contributed by atoms with Crippen LogP contribution in [0.4, 0.5) is 0 Å². The molecule has 0 atom stereocenters. The summed E-state index contributed by atoms with van der Waals surface area (Å²) in [5, 5.41) is 17.1. The molecule has 0 amide bonds. The molecule has 392 valence electrons. The van der Waals surface area contributed by atoms with Gasteiger partial charge in [-0.05, 0) is 92.6 Å². The van der Waals surface area contributed by atoms with Gasteiger partial charge in [-0.2, -0.15) is 0 Å². The zero-order valence-corrected chi connectivity index (χ0v) is 49.1. The molecule has 0 saturated carbocycles. The minimum atomic E-state index is -1.09. The number of fused-ring (bicyclic) bond motifs is 9. The quantitative estimate of drug-likeness (QED) is 0.147. The van der Waals surface area contributed by atoms with Crippen LogP contribution in [0.2, 0.25) is 0 Å². The van der Waals surface area contributed by atoms with Crippen molar-refractivity contribution in [3.63, 3.8) is 0 Å². The van der Waals surface area contributed by atoms with Gasteiger partial charge in [0.2, 0.25) is 0 Å². The Morgan fingerprint density at radius 3 is 1.60 bits per heavy atom. The second-order valence-electron chi connectivity index (χ2n) is 23.9. The molecular formula is C70H70N5OPt-. The summed E-state index contributed by atoms with van der Waals surface area (Å²) in [7, 11) is 0. The standard InChI is InChI=1S/C70H70N5O.Pt/c1-39(2)46-27-20-28-47(40(3)4)62(46)74-59-34-22-31-50(61(59)72-68(74)54-36-45(69(9,10)11)37-55(66(54)76)70(12,13)14)43-23-19-24-44(35-43)67-71-56-38-53-51-25-15-17-32-57(51)73-58-33-18-16-26-52(58)60(64(53)73)65(56)75(67)63-48(41(5)6)29-21-30-49(63)42(7)8;/h15-34,36-42,76H,1-14H3;/q-1;/i39D,40D,41D,42D;. The molecule has 0 saturated heterocycles. The molecule has 0 spiro atoms. The zero-order chi connectivity index (χ0) is 57.1. The van der Waals surface area contributed by atoms with Crippen molar-refractivity contribution in [2.24, 2.45) is 0 Å². The predicted octanol–water partition coefficient (Wildman–Crippen LogP) is 19.1. The van der Waals surface area contributed by atoms with Gasteiger partial charge in [0.25, 0.3) is 0 Å². The number of phenolic OH excluding ortho intramolecular Hbond substituents is 1. The third kappa shape index (κ3) is 8.14. The average Bonchev–Trinajstić information content (AvgIpc) is 4.23. The molecule has 0 fully saturated rings. The van der Waals surface area contributed by atoms with Crippen LogP contribution in [0.15, 0.2) is 140 Å². The largest absolute Gasteiger partial charge is 0.507 e. The van der Waals surface area contributed by atoms with Crippen molar-refractivity contribution in [1.29, 1.82) is 0 Å². The molecule has 1 N–H and O–H groups in total. The number of para-hydroxylation sites is 5. The van der Waals surface area contributed by atoms with E-state index in [1.165, 1.54) is 0 Å². The van der Waals surface area contributed by atoms with Crippen LogP contribution >= 0.6 is 0 Å². The summed E-state index contributed by atoms with van der Waals surface area (Å²) in [5.41, 5.74) is 14.8. The molecule has 6 nitrogen and oxygen atoms in total. The number of hydrogen-bond acceptors (Lipinski definition) is 3. The zero-order valence-electron chi connectivity index (χ0n) is 50.8. The van der Waals surface area contributed by atoms with Crippen LogP contribution in [-0.4, -0.2) is 28.6 Å². The van der Waals surface area contributed by atoms with E-state index >= 15 is 0 Å². The summed E-state index contributed by atoms with van der Waals surface area (Å²) in [5.74, 6) is -3.06. The van der Waals surface area contributed by atoms with E-state index in [0.717, 1.165) is 105 Å². The van der Waals surface area contributed by atoms with Crippen LogP contribution in [0.25, 0.3) is 105 Å². The number of aromatic nitrogens is 5. The van der Waals surface area contributed by atoms with Gasteiger partial charge in [-0.1, -0.05) is 199 Å². The first-order chi connectivity index (χ1) is 37.4. The third-order valence-corrected chi connectivity index (χ3v) is 15.7. The topological polar surface area (TPSA) is 60.3 Å². The molecule has 0 radical (unpaired) electrons. The maximum absolute atomic E-state index is 12.7. The van der Waals surface area contributed by atoms with E-state index in [9.17, 15) is 10.6 Å². The van der Waals surface area contributed by atoms with Crippen LogP contribution in [-0.2, 0) is 31.9 Å². The van der Waals surface area contributed by atoms with Crippen LogP contribution in [0.1, 0.15) is 159 Å². The van der Waals surface area contributed by atoms with Crippen molar-refractivity contribution in [3.05, 3.63) is 179 Å². The predicted molar refractivity (Wildman–Crippen MR) is 321 cm³/mol. The average molecular weight is 1200 g/mol. The molecule has 77 heavy (non-hydrogen) atoms. The van der Waals surface area contributed by atoms with E-state index < -0.39 is 29.0 Å². The molecule has 0 bridgehead atoms. The Bertz CT molecular complexity index is 4440. The van der Waals surface area contributed by atoms with E-state index in [1.807, 2.05) is 116 Å². The van der Waals surface area contributed by atoms with Crippen LogP contribution in [0.3, 0.4) is 0 Å². The first kappa shape index (κ1) is 47.2. The van der Waals surface area contributed by atoms with E-state index in [1.54, 1.807) is 0 Å². The first-order valence-corrected chi connectivity index (χ1v) is 26.7. The van der Waals surface area contributed by atoms with Gasteiger partial charge in [-0.25, -0.2) is 4.98 Å². The van der Waals surface area contributed by atoms with Crippen LogP contribution in [0.5, 0.6) is 5.75 Å². The minimum absolute atomic E-state index is 0. The Morgan fingerprint density at radius 1 is 0.494 bits per heavy atom. The molecular weight excluding hydrogens is 1120 g/mol. The van der Waals surface area contributed by atoms with E-state index in [-0.39, 0.29) is 32.2 Å². The van der Waals surface area contributed by atoms with Crippen molar-refractivity contribution < 1.29 is 31.7 Å². The molecule has 12 aromatic rings. The first-order valence-electron chi connectivity index (χ1n) is 28.7. The van der Waals surface area contributed by atoms with E-state index in [2.05, 4.69) is 140 Å². The Hall–Kier alpha value is -7.01. The number of aromatic hydroxyl groups is 1. The summed E-state index contributed by atoms with van der Waals surface area (Å²) < 4.78 is 45.4. The van der Waals surface area contributed by atoms with Gasteiger partial charge in [0, 0.05) is 59.3 Å². The van der Waals surface area contributed by atoms with Crippen molar-refractivity contribution in [2.45, 2.75) is 131 Å². The van der Waals surface area contributed by atoms with Gasteiger partial charge in [0.15, 0.2) is 0 Å². The van der Waals surface area contributed by atoms with Crippen molar-refractivity contribution in [3.8, 4) is 51.0 Å². The second-order valence-corrected chi connectivity index (χ2v) is 23.9. The summed E-state index contributed by atoms with van der Waals surface area (Å²) in [4.78, 5) is 11.4. The number of benzene rings is 8. The summed E-state index contributed by atoms with van der Waals surface area (Å²) in [6.07, 6.45) is 0. The van der Waals surface area contributed by atoms with Gasteiger partial charge in [-0.3, -0.25) is 9.55 Å². The molecule has 12 rings (SSSR count). The van der Waals surface area contributed by atoms with Gasteiger partial charge in [-0.15, -0.1) is 29.8 Å². The molecule has 7 heteroatoms. The number of rotatable bonds is 9. The fourth-order valence-electron chi connectivity index (χ4n) is 11.9. The molecule has 4 heterocycles. The van der Waals surface area contributed by atoms with Crippen molar-refractivity contribution >= 4 is 60.2 Å². The number of hydrogen-bond donors (Lipinski definition) is 1. The summed E-state index contributed by atoms with van der Waals surface area (Å²) >= 11 is 0. The van der Waals surface area contributed by atoms with Crippen LogP contribution < -0.4 is 0 Å². The monoisotopic (exact) mass is 1200 g/mol. The van der Waals surface area contributed by atoms with E-state index in [4.69, 9.17) is 9.97 Å².